The minimum Gasteiger partial charge on any atom is -0.390 e. The number of nitrogens with one attached hydrogen (secondary N) is 1. The van der Waals surface area contributed by atoms with Crippen molar-refractivity contribution in [2.75, 3.05) is 26.8 Å². The third-order valence-corrected chi connectivity index (χ3v) is 3.84. The summed E-state index contributed by atoms with van der Waals surface area (Å²) in [4.78, 5) is 22.4. The van der Waals surface area contributed by atoms with Gasteiger partial charge >= 0.3 is 0 Å². The maximum Gasteiger partial charge on any atom is 0.289 e. The van der Waals surface area contributed by atoms with Gasteiger partial charge in [-0.2, -0.15) is 0 Å². The summed E-state index contributed by atoms with van der Waals surface area (Å²) in [6, 6.07) is 0. The number of ether oxygens (including phenoxy) is 1. The highest BCUT2D eigenvalue weighted by atomic mass is 79.9. The van der Waals surface area contributed by atoms with Crippen LogP contribution in [0.4, 0.5) is 5.69 Å². The number of hydrogen-bond donors (Lipinski definition) is 2. The Bertz CT molecular complexity index is 561. The number of rotatable bonds is 8. The lowest BCUT2D eigenvalue weighted by Gasteiger charge is -2.14. The number of methoxy groups -OCH3 is 1. The lowest BCUT2D eigenvalue weighted by Crippen LogP contribution is -2.35. The van der Waals surface area contributed by atoms with Crippen LogP contribution in [-0.2, 0) is 11.3 Å². The maximum absolute atomic E-state index is 12.0. The topological polar surface area (TPSA) is 107 Å². The van der Waals surface area contributed by atoms with Crippen molar-refractivity contribution in [2.45, 2.75) is 19.6 Å². The molecule has 0 bridgehead atoms. The van der Waals surface area contributed by atoms with E-state index in [1.54, 1.807) is 7.11 Å². The van der Waals surface area contributed by atoms with Crippen LogP contribution >= 0.6 is 15.9 Å². The molecule has 1 rings (SSSR count). The van der Waals surface area contributed by atoms with E-state index in [1.807, 2.05) is 0 Å². The molecule has 1 unspecified atom stereocenters. The highest BCUT2D eigenvalue weighted by Gasteiger charge is 2.19. The Labute approximate surface area is 130 Å². The SMILES string of the molecule is COCCNCC(O)Cn1cc([N+](=O)[O-])c(C)c(Br)c1=O. The molecule has 0 radical (unpaired) electrons. The quantitative estimate of drug-likeness (QED) is 0.394. The summed E-state index contributed by atoms with van der Waals surface area (Å²) < 4.78 is 6.12. The minimum atomic E-state index is -0.839. The molecular weight excluding hydrogens is 346 g/mol. The fraction of sp³-hybridized carbons (Fsp3) is 0.583. The number of halogens is 1. The number of aliphatic hydroxyl groups excluding tert-OH is 1. The molecule has 8 nitrogen and oxygen atoms in total. The molecule has 0 saturated carbocycles. The van der Waals surface area contributed by atoms with Gasteiger partial charge in [0, 0.05) is 25.8 Å². The van der Waals surface area contributed by atoms with Gasteiger partial charge in [-0.15, -0.1) is 0 Å². The average molecular weight is 364 g/mol. The second-order valence-electron chi connectivity index (χ2n) is 4.52. The Balaban J connectivity index is 2.83. The van der Waals surface area contributed by atoms with Gasteiger partial charge in [0.25, 0.3) is 11.2 Å². The zero-order chi connectivity index (χ0) is 16.0. The van der Waals surface area contributed by atoms with Crippen LogP contribution in [0.5, 0.6) is 0 Å². The Morgan fingerprint density at radius 3 is 2.86 bits per heavy atom. The molecule has 1 atom stereocenters. The number of aromatic nitrogens is 1. The number of pyridine rings is 1. The van der Waals surface area contributed by atoms with Crippen LogP contribution in [0.3, 0.4) is 0 Å². The Morgan fingerprint density at radius 1 is 1.62 bits per heavy atom. The van der Waals surface area contributed by atoms with E-state index >= 15 is 0 Å². The van der Waals surface area contributed by atoms with E-state index in [1.165, 1.54) is 6.92 Å². The van der Waals surface area contributed by atoms with Crippen molar-refractivity contribution < 1.29 is 14.8 Å². The van der Waals surface area contributed by atoms with Gasteiger partial charge in [-0.1, -0.05) is 0 Å². The molecule has 9 heteroatoms. The highest BCUT2D eigenvalue weighted by molar-refractivity contribution is 9.10. The van der Waals surface area contributed by atoms with E-state index in [0.29, 0.717) is 13.2 Å². The Kier molecular flexibility index (Phi) is 6.96. The predicted molar refractivity (Wildman–Crippen MR) is 80.5 cm³/mol. The first-order chi connectivity index (χ1) is 9.88. The van der Waals surface area contributed by atoms with Crippen LogP contribution in [0.1, 0.15) is 5.56 Å². The molecule has 1 aromatic rings. The van der Waals surface area contributed by atoms with Crippen LogP contribution < -0.4 is 10.9 Å². The van der Waals surface area contributed by atoms with E-state index < -0.39 is 16.6 Å². The van der Waals surface area contributed by atoms with Gasteiger partial charge in [-0.3, -0.25) is 14.9 Å². The molecule has 0 aromatic carbocycles. The number of nitro groups is 1. The van der Waals surface area contributed by atoms with Gasteiger partial charge < -0.3 is 19.7 Å². The van der Waals surface area contributed by atoms with Crippen molar-refractivity contribution in [3.05, 3.63) is 36.7 Å². The van der Waals surface area contributed by atoms with E-state index in [4.69, 9.17) is 4.74 Å². The van der Waals surface area contributed by atoms with E-state index in [9.17, 15) is 20.0 Å². The first-order valence-electron chi connectivity index (χ1n) is 6.30. The van der Waals surface area contributed by atoms with Gasteiger partial charge in [-0.25, -0.2) is 0 Å². The lowest BCUT2D eigenvalue weighted by molar-refractivity contribution is -0.386. The van der Waals surface area contributed by atoms with Crippen LogP contribution in [-0.4, -0.2) is 47.5 Å². The first kappa shape index (κ1) is 17.8. The summed E-state index contributed by atoms with van der Waals surface area (Å²) in [5.41, 5.74) is -0.302. The van der Waals surface area contributed by atoms with Gasteiger partial charge in [-0.05, 0) is 22.9 Å². The smallest absolute Gasteiger partial charge is 0.289 e. The van der Waals surface area contributed by atoms with Crippen molar-refractivity contribution in [1.82, 2.24) is 9.88 Å². The summed E-state index contributed by atoms with van der Waals surface area (Å²) >= 11 is 3.06. The Hall–Kier alpha value is -1.29. The molecule has 1 heterocycles. The summed E-state index contributed by atoms with van der Waals surface area (Å²) in [7, 11) is 1.57. The fourth-order valence-corrected chi connectivity index (χ4v) is 2.19. The zero-order valence-corrected chi connectivity index (χ0v) is 13.4. The molecular formula is C12H18BrN3O5. The van der Waals surface area contributed by atoms with Crippen molar-refractivity contribution in [2.24, 2.45) is 0 Å². The maximum atomic E-state index is 12.0. The van der Waals surface area contributed by atoms with Gasteiger partial charge in [0.1, 0.15) is 0 Å². The average Bonchev–Trinajstić information content (AvgIpc) is 2.44. The molecule has 0 saturated heterocycles. The summed E-state index contributed by atoms with van der Waals surface area (Å²) in [6.45, 7) is 2.80. The molecule has 1 aromatic heterocycles. The van der Waals surface area contributed by atoms with Crippen molar-refractivity contribution in [3.8, 4) is 0 Å². The second kappa shape index (κ2) is 8.23. The van der Waals surface area contributed by atoms with Gasteiger partial charge in [0.15, 0.2) is 0 Å². The normalized spacial score (nSPS) is 12.4. The number of hydrogen-bond acceptors (Lipinski definition) is 6. The van der Waals surface area contributed by atoms with Gasteiger partial charge in [0.05, 0.1) is 34.8 Å². The van der Waals surface area contributed by atoms with E-state index in [-0.39, 0.29) is 28.8 Å². The van der Waals surface area contributed by atoms with E-state index in [0.717, 1.165) is 10.8 Å². The number of nitrogens with zero attached hydrogens (tertiary/aromatic N) is 2. The van der Waals surface area contributed by atoms with Crippen LogP contribution in [0.25, 0.3) is 0 Å². The zero-order valence-electron chi connectivity index (χ0n) is 11.8. The molecule has 0 fully saturated rings. The minimum absolute atomic E-state index is 0.0292. The summed E-state index contributed by atoms with van der Waals surface area (Å²) in [6.07, 6.45) is 0.314. The number of aliphatic hydroxyl groups is 1. The van der Waals surface area contributed by atoms with E-state index in [2.05, 4.69) is 21.2 Å². The van der Waals surface area contributed by atoms with Gasteiger partial charge in [0.2, 0.25) is 0 Å². The molecule has 2 N–H and O–H groups in total. The summed E-state index contributed by atoms with van der Waals surface area (Å²) in [5.74, 6) is 0. The second-order valence-corrected chi connectivity index (χ2v) is 5.31. The molecule has 0 aliphatic rings. The predicted octanol–water partition coefficient (Wildman–Crippen LogP) is 0.424. The lowest BCUT2D eigenvalue weighted by atomic mass is 10.2. The fourth-order valence-electron chi connectivity index (χ4n) is 1.76. The Morgan fingerprint density at radius 2 is 2.29 bits per heavy atom. The van der Waals surface area contributed by atoms with Crippen molar-refractivity contribution >= 4 is 21.6 Å². The summed E-state index contributed by atoms with van der Waals surface area (Å²) in [5, 5.41) is 23.8. The molecule has 21 heavy (non-hydrogen) atoms. The molecule has 0 amide bonds. The third-order valence-electron chi connectivity index (χ3n) is 2.91. The van der Waals surface area contributed by atoms with Crippen molar-refractivity contribution in [1.29, 1.82) is 0 Å². The third kappa shape index (κ3) is 4.88. The largest absolute Gasteiger partial charge is 0.390 e. The first-order valence-corrected chi connectivity index (χ1v) is 7.09. The molecule has 0 aliphatic carbocycles. The van der Waals surface area contributed by atoms with Crippen LogP contribution in [0.15, 0.2) is 15.5 Å². The monoisotopic (exact) mass is 363 g/mol. The highest BCUT2D eigenvalue weighted by Crippen LogP contribution is 2.22. The molecule has 0 spiro atoms. The van der Waals surface area contributed by atoms with Crippen molar-refractivity contribution in [3.63, 3.8) is 0 Å². The standard InChI is InChI=1S/C12H18BrN3O5/c1-8-10(16(19)20)7-15(12(18)11(8)13)6-9(17)5-14-3-4-21-2/h7,9,14,17H,3-6H2,1-2H3. The van der Waals surface area contributed by atoms with Crippen LogP contribution in [0.2, 0.25) is 0 Å². The van der Waals surface area contributed by atoms with Crippen LogP contribution in [0, 0.1) is 17.0 Å². The molecule has 0 aliphatic heterocycles. The molecule has 118 valence electrons.